The summed E-state index contributed by atoms with van der Waals surface area (Å²) in [5.74, 6) is 2.73. The number of furan rings is 1. The Morgan fingerprint density at radius 1 is 1.61 bits per heavy atom. The van der Waals surface area contributed by atoms with Crippen LogP contribution in [0.3, 0.4) is 0 Å². The summed E-state index contributed by atoms with van der Waals surface area (Å²) in [6, 6.07) is 3.93. The zero-order valence-electron chi connectivity index (χ0n) is 10.9. The molecule has 1 saturated heterocycles. The molecule has 0 saturated carbocycles. The predicted molar refractivity (Wildman–Crippen MR) is 73.7 cm³/mol. The standard InChI is InChI=1S/C13H20N2O2S/c1-3-4-7-14-13(16)15-8-9-18-12(15)11-6-5-10(2)17-11/h5-6,12H,3-4,7-9H2,1-2H3,(H,14,16). The molecule has 2 amide bonds. The van der Waals surface area contributed by atoms with Crippen molar-refractivity contribution in [3.63, 3.8) is 0 Å². The molecule has 100 valence electrons. The smallest absolute Gasteiger partial charge is 0.318 e. The van der Waals surface area contributed by atoms with E-state index in [0.717, 1.165) is 43.2 Å². The van der Waals surface area contributed by atoms with E-state index in [0.29, 0.717) is 0 Å². The number of amides is 2. The monoisotopic (exact) mass is 268 g/mol. The van der Waals surface area contributed by atoms with E-state index in [4.69, 9.17) is 4.42 Å². The zero-order valence-corrected chi connectivity index (χ0v) is 11.8. The van der Waals surface area contributed by atoms with Crippen molar-refractivity contribution in [2.45, 2.75) is 32.1 Å². The molecule has 1 aromatic heterocycles. The molecule has 1 unspecified atom stereocenters. The maximum absolute atomic E-state index is 12.1. The van der Waals surface area contributed by atoms with Crippen LogP contribution < -0.4 is 5.32 Å². The summed E-state index contributed by atoms with van der Waals surface area (Å²) < 4.78 is 5.63. The third-order valence-corrected chi connectivity index (χ3v) is 4.18. The van der Waals surface area contributed by atoms with Gasteiger partial charge in [0.1, 0.15) is 16.9 Å². The Morgan fingerprint density at radius 3 is 3.11 bits per heavy atom. The minimum absolute atomic E-state index is 0.0208. The second-order valence-electron chi connectivity index (χ2n) is 4.45. The molecule has 0 bridgehead atoms. The van der Waals surface area contributed by atoms with Gasteiger partial charge >= 0.3 is 6.03 Å². The molecule has 1 atom stereocenters. The first-order valence-electron chi connectivity index (χ1n) is 6.44. The molecular weight excluding hydrogens is 248 g/mol. The van der Waals surface area contributed by atoms with Gasteiger partial charge in [0.05, 0.1) is 0 Å². The van der Waals surface area contributed by atoms with Crippen LogP contribution in [0.25, 0.3) is 0 Å². The molecule has 0 radical (unpaired) electrons. The molecule has 18 heavy (non-hydrogen) atoms. The lowest BCUT2D eigenvalue weighted by atomic mass is 10.3. The highest BCUT2D eigenvalue weighted by Gasteiger charge is 2.32. The lowest BCUT2D eigenvalue weighted by Gasteiger charge is -2.22. The molecule has 0 spiro atoms. The molecule has 0 aromatic carbocycles. The lowest BCUT2D eigenvalue weighted by molar-refractivity contribution is 0.195. The molecule has 5 heteroatoms. The third kappa shape index (κ3) is 3.02. The Labute approximate surface area is 112 Å². The van der Waals surface area contributed by atoms with Crippen molar-refractivity contribution in [2.24, 2.45) is 0 Å². The number of aryl methyl sites for hydroxylation is 1. The lowest BCUT2D eigenvalue weighted by Crippen LogP contribution is -2.39. The van der Waals surface area contributed by atoms with Crippen LogP contribution in [-0.4, -0.2) is 29.8 Å². The highest BCUT2D eigenvalue weighted by molar-refractivity contribution is 7.99. The van der Waals surface area contributed by atoms with Crippen molar-refractivity contribution in [1.29, 1.82) is 0 Å². The van der Waals surface area contributed by atoms with Crippen LogP contribution in [0.5, 0.6) is 0 Å². The average Bonchev–Trinajstić information content (AvgIpc) is 2.97. The first kappa shape index (κ1) is 13.3. The molecule has 0 aliphatic carbocycles. The highest BCUT2D eigenvalue weighted by Crippen LogP contribution is 2.38. The number of hydrogen-bond donors (Lipinski definition) is 1. The first-order valence-corrected chi connectivity index (χ1v) is 7.49. The van der Waals surface area contributed by atoms with Crippen LogP contribution in [0, 0.1) is 6.92 Å². The molecule has 1 aliphatic rings. The fraction of sp³-hybridized carbons (Fsp3) is 0.615. The second-order valence-corrected chi connectivity index (χ2v) is 5.64. The van der Waals surface area contributed by atoms with E-state index >= 15 is 0 Å². The Bertz CT molecular complexity index is 405. The summed E-state index contributed by atoms with van der Waals surface area (Å²) in [6.45, 7) is 5.58. The fourth-order valence-electron chi connectivity index (χ4n) is 1.97. The van der Waals surface area contributed by atoms with Crippen LogP contribution in [0.4, 0.5) is 4.79 Å². The molecule has 1 aliphatic heterocycles. The van der Waals surface area contributed by atoms with Crippen LogP contribution in [0.1, 0.15) is 36.7 Å². The number of thioether (sulfide) groups is 1. The van der Waals surface area contributed by atoms with E-state index in [1.165, 1.54) is 0 Å². The van der Waals surface area contributed by atoms with E-state index in [9.17, 15) is 4.79 Å². The molecule has 2 heterocycles. The number of nitrogens with zero attached hydrogens (tertiary/aromatic N) is 1. The van der Waals surface area contributed by atoms with Crippen molar-refractivity contribution in [3.8, 4) is 0 Å². The Hall–Kier alpha value is -1.10. The summed E-state index contributed by atoms with van der Waals surface area (Å²) in [4.78, 5) is 13.9. The number of unbranched alkanes of at least 4 members (excludes halogenated alkanes) is 1. The van der Waals surface area contributed by atoms with Crippen molar-refractivity contribution in [3.05, 3.63) is 23.7 Å². The summed E-state index contributed by atoms with van der Waals surface area (Å²) in [5.41, 5.74) is 0. The molecule has 4 nitrogen and oxygen atoms in total. The topological polar surface area (TPSA) is 45.5 Å². The number of urea groups is 1. The van der Waals surface area contributed by atoms with Crippen LogP contribution in [0.2, 0.25) is 0 Å². The number of rotatable bonds is 4. The molecule has 2 rings (SSSR count). The summed E-state index contributed by atoms with van der Waals surface area (Å²) in [6.07, 6.45) is 2.12. The van der Waals surface area contributed by atoms with Gasteiger partial charge in [0.15, 0.2) is 0 Å². The van der Waals surface area contributed by atoms with Gasteiger partial charge in [-0.1, -0.05) is 13.3 Å². The summed E-state index contributed by atoms with van der Waals surface area (Å²) >= 11 is 1.76. The highest BCUT2D eigenvalue weighted by atomic mass is 32.2. The van der Waals surface area contributed by atoms with Gasteiger partial charge in [0, 0.05) is 18.8 Å². The van der Waals surface area contributed by atoms with Gasteiger partial charge in [-0.2, -0.15) is 0 Å². The van der Waals surface area contributed by atoms with Gasteiger partial charge in [0.25, 0.3) is 0 Å². The number of carbonyl (C=O) groups is 1. The third-order valence-electron chi connectivity index (χ3n) is 2.96. The molecular formula is C13H20N2O2S. The van der Waals surface area contributed by atoms with Gasteiger partial charge in [-0.25, -0.2) is 4.79 Å². The fourth-order valence-corrected chi connectivity index (χ4v) is 3.17. The number of hydrogen-bond acceptors (Lipinski definition) is 3. The quantitative estimate of drug-likeness (QED) is 0.853. The normalized spacial score (nSPS) is 19.2. The first-order chi connectivity index (χ1) is 8.72. The summed E-state index contributed by atoms with van der Waals surface area (Å²) in [7, 11) is 0. The average molecular weight is 268 g/mol. The Morgan fingerprint density at radius 2 is 2.44 bits per heavy atom. The zero-order chi connectivity index (χ0) is 13.0. The van der Waals surface area contributed by atoms with Crippen LogP contribution >= 0.6 is 11.8 Å². The van der Waals surface area contributed by atoms with Crippen molar-refractivity contribution in [2.75, 3.05) is 18.8 Å². The maximum Gasteiger partial charge on any atom is 0.318 e. The molecule has 1 aromatic rings. The molecule has 1 fully saturated rings. The Balaban J connectivity index is 1.97. The predicted octanol–water partition coefficient (Wildman–Crippen LogP) is 3.15. The molecule has 1 N–H and O–H groups in total. The van der Waals surface area contributed by atoms with Crippen LogP contribution in [0.15, 0.2) is 16.5 Å². The van der Waals surface area contributed by atoms with Crippen molar-refractivity contribution in [1.82, 2.24) is 10.2 Å². The van der Waals surface area contributed by atoms with Crippen LogP contribution in [-0.2, 0) is 0 Å². The second kappa shape index (κ2) is 6.18. The minimum Gasteiger partial charge on any atom is -0.463 e. The van der Waals surface area contributed by atoms with Gasteiger partial charge in [-0.05, 0) is 25.5 Å². The summed E-state index contributed by atoms with van der Waals surface area (Å²) in [5, 5.41) is 2.99. The van der Waals surface area contributed by atoms with Gasteiger partial charge < -0.3 is 14.6 Å². The van der Waals surface area contributed by atoms with Gasteiger partial charge in [-0.3, -0.25) is 0 Å². The van der Waals surface area contributed by atoms with Crippen molar-refractivity contribution < 1.29 is 9.21 Å². The van der Waals surface area contributed by atoms with Gasteiger partial charge in [0.2, 0.25) is 0 Å². The largest absolute Gasteiger partial charge is 0.463 e. The Kier molecular flexibility index (Phi) is 4.58. The number of carbonyl (C=O) groups excluding carboxylic acids is 1. The van der Waals surface area contributed by atoms with E-state index in [-0.39, 0.29) is 11.4 Å². The number of nitrogens with one attached hydrogen (secondary N) is 1. The minimum atomic E-state index is 0.0208. The van der Waals surface area contributed by atoms with Crippen molar-refractivity contribution >= 4 is 17.8 Å². The van der Waals surface area contributed by atoms with E-state index in [1.807, 2.05) is 24.0 Å². The van der Waals surface area contributed by atoms with E-state index < -0.39 is 0 Å². The maximum atomic E-state index is 12.1. The SMILES string of the molecule is CCCCNC(=O)N1CCSC1c1ccc(C)o1. The van der Waals surface area contributed by atoms with E-state index in [2.05, 4.69) is 12.2 Å². The van der Waals surface area contributed by atoms with E-state index in [1.54, 1.807) is 11.8 Å². The van der Waals surface area contributed by atoms with Gasteiger partial charge in [-0.15, -0.1) is 11.8 Å².